The molecule has 2 heterocycles. The third kappa shape index (κ3) is 3.54. The van der Waals surface area contributed by atoms with Crippen molar-refractivity contribution in [3.63, 3.8) is 0 Å². The average Bonchev–Trinajstić information content (AvgIpc) is 2.25. The Hall–Kier alpha value is -1.40. The number of thioether (sulfide) groups is 1. The number of nitrogen functional groups attached to an aromatic ring is 1. The molecule has 0 aliphatic rings. The number of hydrogen-bond acceptors (Lipinski definition) is 6. The average molecular weight is 268 g/mol. The van der Waals surface area contributed by atoms with E-state index in [0.29, 0.717) is 21.9 Å². The molecule has 5 nitrogen and oxygen atoms in total. The Morgan fingerprint density at radius 2 is 2.12 bits per heavy atom. The van der Waals surface area contributed by atoms with Gasteiger partial charge >= 0.3 is 0 Å². The van der Waals surface area contributed by atoms with Gasteiger partial charge in [-0.2, -0.15) is 0 Å². The summed E-state index contributed by atoms with van der Waals surface area (Å²) < 4.78 is 0. The van der Waals surface area contributed by atoms with E-state index in [2.05, 4.69) is 19.9 Å². The standard InChI is InChI=1S/C10H10ClN5S/c1-6-3-13-4-7(14-6)5-17-10-15-8(11)2-9(12)16-10/h2-4H,5H2,1H3,(H2,12,15,16). The van der Waals surface area contributed by atoms with Gasteiger partial charge in [0.1, 0.15) is 11.0 Å². The molecule has 0 saturated heterocycles. The van der Waals surface area contributed by atoms with Crippen molar-refractivity contribution in [2.24, 2.45) is 0 Å². The number of aromatic nitrogens is 4. The second kappa shape index (κ2) is 5.29. The van der Waals surface area contributed by atoms with E-state index in [1.54, 1.807) is 12.4 Å². The first-order valence-corrected chi connectivity index (χ1v) is 6.20. The highest BCUT2D eigenvalue weighted by atomic mass is 35.5. The maximum Gasteiger partial charge on any atom is 0.191 e. The molecule has 0 unspecified atom stereocenters. The van der Waals surface area contributed by atoms with Gasteiger partial charge in [0.2, 0.25) is 0 Å². The minimum atomic E-state index is 0.343. The fourth-order valence-corrected chi connectivity index (χ4v) is 2.19. The smallest absolute Gasteiger partial charge is 0.191 e. The molecule has 2 aromatic rings. The van der Waals surface area contributed by atoms with Crippen LogP contribution in [0.5, 0.6) is 0 Å². The number of aryl methyl sites for hydroxylation is 1. The summed E-state index contributed by atoms with van der Waals surface area (Å²) in [6.45, 7) is 1.90. The lowest BCUT2D eigenvalue weighted by atomic mass is 10.4. The molecular weight excluding hydrogens is 258 g/mol. The van der Waals surface area contributed by atoms with E-state index in [0.717, 1.165) is 11.4 Å². The lowest BCUT2D eigenvalue weighted by molar-refractivity contribution is 0.970. The monoisotopic (exact) mass is 267 g/mol. The zero-order chi connectivity index (χ0) is 12.3. The van der Waals surface area contributed by atoms with Crippen LogP contribution in [0.15, 0.2) is 23.6 Å². The molecule has 0 bridgehead atoms. The zero-order valence-corrected chi connectivity index (χ0v) is 10.7. The molecule has 0 radical (unpaired) electrons. The van der Waals surface area contributed by atoms with Crippen LogP contribution in [-0.4, -0.2) is 19.9 Å². The van der Waals surface area contributed by atoms with Gasteiger partial charge in [-0.25, -0.2) is 9.97 Å². The summed E-state index contributed by atoms with van der Waals surface area (Å²) in [6.07, 6.45) is 3.43. The number of halogens is 1. The third-order valence-electron chi connectivity index (χ3n) is 1.85. The highest BCUT2D eigenvalue weighted by Gasteiger charge is 2.03. The first-order valence-electron chi connectivity index (χ1n) is 4.84. The normalized spacial score (nSPS) is 10.5. The van der Waals surface area contributed by atoms with E-state index >= 15 is 0 Å². The van der Waals surface area contributed by atoms with Crippen LogP contribution in [-0.2, 0) is 5.75 Å². The summed E-state index contributed by atoms with van der Waals surface area (Å²) >= 11 is 7.21. The molecule has 0 aliphatic heterocycles. The highest BCUT2D eigenvalue weighted by molar-refractivity contribution is 7.98. The lowest BCUT2D eigenvalue weighted by Crippen LogP contribution is -1.96. The van der Waals surface area contributed by atoms with E-state index < -0.39 is 0 Å². The molecule has 0 amide bonds. The van der Waals surface area contributed by atoms with Gasteiger partial charge in [0.25, 0.3) is 0 Å². The van der Waals surface area contributed by atoms with Gasteiger partial charge in [-0.3, -0.25) is 9.97 Å². The lowest BCUT2D eigenvalue weighted by Gasteiger charge is -2.02. The molecular formula is C10H10ClN5S. The number of nitrogens with zero attached hydrogens (tertiary/aromatic N) is 4. The first kappa shape index (κ1) is 12.1. The van der Waals surface area contributed by atoms with E-state index in [4.69, 9.17) is 17.3 Å². The van der Waals surface area contributed by atoms with Crippen molar-refractivity contribution in [1.29, 1.82) is 0 Å². The topological polar surface area (TPSA) is 77.6 Å². The van der Waals surface area contributed by atoms with Crippen LogP contribution in [0.1, 0.15) is 11.4 Å². The van der Waals surface area contributed by atoms with Crippen LogP contribution in [0.3, 0.4) is 0 Å². The molecule has 17 heavy (non-hydrogen) atoms. The number of nitrogens with two attached hydrogens (primary N) is 1. The molecule has 0 spiro atoms. The predicted octanol–water partition coefficient (Wildman–Crippen LogP) is 2.10. The van der Waals surface area contributed by atoms with E-state index in [1.807, 2.05) is 6.92 Å². The molecule has 0 aliphatic carbocycles. The Bertz CT molecular complexity index is 514. The molecule has 0 atom stereocenters. The van der Waals surface area contributed by atoms with Crippen LogP contribution < -0.4 is 5.73 Å². The van der Waals surface area contributed by atoms with Crippen LogP contribution >= 0.6 is 23.4 Å². The van der Waals surface area contributed by atoms with Gasteiger partial charge in [-0.1, -0.05) is 23.4 Å². The summed E-state index contributed by atoms with van der Waals surface area (Å²) in [4.78, 5) is 16.5. The Morgan fingerprint density at radius 3 is 2.82 bits per heavy atom. The molecule has 2 aromatic heterocycles. The predicted molar refractivity (Wildman–Crippen MR) is 67.8 cm³/mol. The van der Waals surface area contributed by atoms with Gasteiger partial charge in [0.05, 0.1) is 11.4 Å². The van der Waals surface area contributed by atoms with Crippen LogP contribution in [0, 0.1) is 6.92 Å². The van der Waals surface area contributed by atoms with Gasteiger partial charge in [-0.05, 0) is 6.92 Å². The number of anilines is 1. The third-order valence-corrected chi connectivity index (χ3v) is 2.92. The summed E-state index contributed by atoms with van der Waals surface area (Å²) in [6, 6.07) is 1.51. The highest BCUT2D eigenvalue weighted by Crippen LogP contribution is 2.20. The fraction of sp³-hybridized carbons (Fsp3) is 0.200. The van der Waals surface area contributed by atoms with Crippen molar-refractivity contribution < 1.29 is 0 Å². The van der Waals surface area contributed by atoms with Gasteiger partial charge in [-0.15, -0.1) is 0 Å². The Balaban J connectivity index is 2.07. The maximum absolute atomic E-state index is 5.78. The summed E-state index contributed by atoms with van der Waals surface area (Å²) in [7, 11) is 0. The van der Waals surface area contributed by atoms with Crippen molar-refractivity contribution in [3.8, 4) is 0 Å². The Kier molecular flexibility index (Phi) is 3.75. The van der Waals surface area contributed by atoms with Crippen LogP contribution in [0.4, 0.5) is 5.82 Å². The van der Waals surface area contributed by atoms with Crippen LogP contribution in [0.25, 0.3) is 0 Å². The number of rotatable bonds is 3. The summed E-state index contributed by atoms with van der Waals surface area (Å²) in [5.41, 5.74) is 7.33. The molecule has 88 valence electrons. The molecule has 2 rings (SSSR count). The SMILES string of the molecule is Cc1cncc(CSc2nc(N)cc(Cl)n2)n1. The van der Waals surface area contributed by atoms with E-state index in [9.17, 15) is 0 Å². The molecule has 0 saturated carbocycles. The fourth-order valence-electron chi connectivity index (χ4n) is 1.20. The number of hydrogen-bond donors (Lipinski definition) is 1. The van der Waals surface area contributed by atoms with E-state index in [1.165, 1.54) is 17.8 Å². The molecule has 0 aromatic carbocycles. The van der Waals surface area contributed by atoms with Crippen LogP contribution in [0.2, 0.25) is 5.15 Å². The van der Waals surface area contributed by atoms with Crippen molar-refractivity contribution in [2.75, 3.05) is 5.73 Å². The second-order valence-corrected chi connectivity index (χ2v) is 4.67. The largest absolute Gasteiger partial charge is 0.384 e. The van der Waals surface area contributed by atoms with Crippen molar-refractivity contribution in [3.05, 3.63) is 35.0 Å². The maximum atomic E-state index is 5.78. The van der Waals surface area contributed by atoms with Gasteiger partial charge in [0.15, 0.2) is 5.16 Å². The van der Waals surface area contributed by atoms with Gasteiger partial charge in [0, 0.05) is 24.2 Å². The Morgan fingerprint density at radius 1 is 1.29 bits per heavy atom. The van der Waals surface area contributed by atoms with Crippen molar-refractivity contribution in [2.45, 2.75) is 17.8 Å². The van der Waals surface area contributed by atoms with Crippen molar-refractivity contribution in [1.82, 2.24) is 19.9 Å². The second-order valence-electron chi connectivity index (χ2n) is 3.34. The summed E-state index contributed by atoms with van der Waals surface area (Å²) in [5.74, 6) is 0.997. The minimum absolute atomic E-state index is 0.343. The molecule has 7 heteroatoms. The quantitative estimate of drug-likeness (QED) is 0.521. The first-order chi connectivity index (χ1) is 8.13. The Labute approximate surface area is 108 Å². The zero-order valence-electron chi connectivity index (χ0n) is 9.09. The summed E-state index contributed by atoms with van der Waals surface area (Å²) in [5, 5.41) is 0.883. The minimum Gasteiger partial charge on any atom is -0.384 e. The van der Waals surface area contributed by atoms with Gasteiger partial charge < -0.3 is 5.73 Å². The van der Waals surface area contributed by atoms with Crippen molar-refractivity contribution >= 4 is 29.2 Å². The molecule has 2 N–H and O–H groups in total. The molecule has 0 fully saturated rings. The van der Waals surface area contributed by atoms with E-state index in [-0.39, 0.29) is 0 Å².